The Kier molecular flexibility index (Phi) is 31.1. The van der Waals surface area contributed by atoms with Gasteiger partial charge in [-0.2, -0.15) is 11.1 Å². The fourth-order valence-electron chi connectivity index (χ4n) is 0. The van der Waals surface area contributed by atoms with Crippen LogP contribution in [0, 0.1) is 0 Å². The van der Waals surface area contributed by atoms with E-state index in [9.17, 15) is 0 Å². The minimum atomic E-state index is -2.61. The van der Waals surface area contributed by atoms with Crippen LogP contribution in [0.25, 0.3) is 0 Å². The number of hydrogen-bond acceptors (Lipinski definition) is 2. The minimum absolute atomic E-state index is 0. The van der Waals surface area contributed by atoms with Crippen molar-refractivity contribution >= 4 is 17.6 Å². The second-order valence-corrected chi connectivity index (χ2v) is 0.896. The van der Waals surface area contributed by atoms with Crippen LogP contribution in [0.3, 0.4) is 0 Å². The maximum atomic E-state index is 8.68. The molecule has 4 nitrogen and oxygen atoms in total. The van der Waals surface area contributed by atoms with Crippen molar-refractivity contribution in [2.45, 2.75) is 6.92 Å². The van der Waals surface area contributed by atoms with Crippen LogP contribution in [0.5, 0.6) is 0 Å². The Morgan fingerprint density at radius 1 is 1.50 bits per heavy atom. The van der Waals surface area contributed by atoms with Crippen molar-refractivity contribution in [3.05, 3.63) is 0 Å². The van der Waals surface area contributed by atoms with Gasteiger partial charge in [-0.05, 0) is 0 Å². The Bertz CT molecular complexity index is 61.1. The number of carbonyl (C=O) groups excluding carboxylic acids is 1. The summed E-state index contributed by atoms with van der Waals surface area (Å²) < 4.78 is 22.8. The van der Waals surface area contributed by atoms with Gasteiger partial charge in [-0.1, -0.05) is 0 Å². The molecule has 0 aliphatic rings. The van der Waals surface area contributed by atoms with Crippen molar-refractivity contribution in [3.63, 3.8) is 0 Å². The Balaban J connectivity index is -0.0000000575. The van der Waals surface area contributed by atoms with Crippen molar-refractivity contribution in [2.75, 3.05) is 0 Å². The predicted octanol–water partition coefficient (Wildman–Crippen LogP) is -3.20. The second kappa shape index (κ2) is 15.6. The molecule has 0 aromatic carbocycles. The summed E-state index contributed by atoms with van der Waals surface area (Å²) in [6.45, 7) is 1.32. The number of hydrogen-bond donors (Lipinski definition) is 2. The molecule has 0 fully saturated rings. The van der Waals surface area contributed by atoms with Gasteiger partial charge in [-0.15, -0.1) is 0 Å². The average molecular weight is 148 g/mol. The van der Waals surface area contributed by atoms with Gasteiger partial charge in [0, 0.05) is 0 Å². The first-order valence-corrected chi connectivity index (χ1v) is 2.30. The van der Waals surface area contributed by atoms with Crippen LogP contribution in [0.2, 0.25) is 0 Å². The van der Waals surface area contributed by atoms with E-state index in [4.69, 9.17) is 18.1 Å². The standard InChI is InChI=1S/C2H3O.Na.H2O3S/c1-2-3;;1-4(2)3/h1H3;;(H2,1,2,3)/q-1;+1;. The maximum absolute atomic E-state index is 8.68. The molecule has 0 saturated carbocycles. The van der Waals surface area contributed by atoms with Gasteiger partial charge < -0.3 is 4.79 Å². The van der Waals surface area contributed by atoms with E-state index in [0.717, 1.165) is 0 Å². The van der Waals surface area contributed by atoms with Gasteiger partial charge in [0.1, 0.15) is 0 Å². The van der Waals surface area contributed by atoms with Gasteiger partial charge in [-0.3, -0.25) is 15.4 Å². The topological polar surface area (TPSA) is 74.6 Å². The second-order valence-electron chi connectivity index (χ2n) is 0.435. The maximum Gasteiger partial charge on any atom is 1.00 e. The van der Waals surface area contributed by atoms with Gasteiger partial charge in [-0.25, -0.2) is 0 Å². The summed E-state index contributed by atoms with van der Waals surface area (Å²) >= 11 is -2.61. The molecule has 0 saturated heterocycles. The van der Waals surface area contributed by atoms with Crippen molar-refractivity contribution in [3.8, 4) is 0 Å². The average Bonchev–Trinajstić information content (AvgIpc) is 1.33. The minimum Gasteiger partial charge on any atom is -0.542 e. The molecule has 0 unspecified atom stereocenters. The quantitative estimate of drug-likeness (QED) is 0.215. The first-order valence-electron chi connectivity index (χ1n) is 1.24. The van der Waals surface area contributed by atoms with E-state index in [2.05, 4.69) is 0 Å². The molecule has 0 aromatic rings. The molecule has 0 atom stereocenters. The van der Waals surface area contributed by atoms with Crippen molar-refractivity contribution in [1.82, 2.24) is 0 Å². The van der Waals surface area contributed by atoms with E-state index in [1.165, 1.54) is 13.2 Å². The molecule has 0 radical (unpaired) electrons. The van der Waals surface area contributed by atoms with Gasteiger partial charge in [0.2, 0.25) is 0 Å². The molecule has 0 aromatic heterocycles. The number of rotatable bonds is 0. The van der Waals surface area contributed by atoms with Crippen molar-refractivity contribution in [2.24, 2.45) is 0 Å². The summed E-state index contributed by atoms with van der Waals surface area (Å²) in [5.41, 5.74) is 0. The molecule has 0 bridgehead atoms. The van der Waals surface area contributed by atoms with E-state index in [0.29, 0.717) is 0 Å². The summed E-state index contributed by atoms with van der Waals surface area (Å²) in [5, 5.41) is 0. The van der Waals surface area contributed by atoms with Gasteiger partial charge in [0.15, 0.2) is 0 Å². The van der Waals surface area contributed by atoms with E-state index < -0.39 is 11.4 Å². The first kappa shape index (κ1) is 15.9. The van der Waals surface area contributed by atoms with Crippen LogP contribution in [-0.2, 0) is 16.2 Å². The first-order chi connectivity index (χ1) is 3.15. The van der Waals surface area contributed by atoms with E-state index in [1.807, 2.05) is 0 Å². The summed E-state index contributed by atoms with van der Waals surface area (Å²) in [7, 11) is 0. The Morgan fingerprint density at radius 3 is 1.50 bits per heavy atom. The molecule has 0 aliphatic heterocycles. The normalized spacial score (nSPS) is 6.00. The molecular formula is C2H5NaO4S. The summed E-state index contributed by atoms with van der Waals surface area (Å²) in [4.78, 5) is 8.68. The SMILES string of the molecule is C[C-]=O.O=S(O)O.[Na+]. The zero-order valence-corrected chi connectivity index (χ0v) is 7.44. The van der Waals surface area contributed by atoms with E-state index in [-0.39, 0.29) is 29.6 Å². The Morgan fingerprint density at radius 2 is 1.50 bits per heavy atom. The van der Waals surface area contributed by atoms with Crippen LogP contribution >= 0.6 is 0 Å². The van der Waals surface area contributed by atoms with Crippen LogP contribution in [0.15, 0.2) is 0 Å². The summed E-state index contributed by atoms with van der Waals surface area (Å²) in [6.07, 6.45) is 1.50. The van der Waals surface area contributed by atoms with Crippen LogP contribution in [0.1, 0.15) is 6.92 Å². The molecule has 6 heteroatoms. The molecule has 2 N–H and O–H groups in total. The third-order valence-corrected chi connectivity index (χ3v) is 0. The fraction of sp³-hybridized carbons (Fsp3) is 0.500. The third-order valence-electron chi connectivity index (χ3n) is 0. The molecule has 0 spiro atoms. The van der Waals surface area contributed by atoms with Crippen molar-refractivity contribution < 1.29 is 47.7 Å². The van der Waals surface area contributed by atoms with Crippen LogP contribution < -0.4 is 29.6 Å². The third kappa shape index (κ3) is 406. The largest absolute Gasteiger partial charge is 1.00 e. The molecular weight excluding hydrogens is 143 g/mol. The van der Waals surface area contributed by atoms with E-state index in [1.54, 1.807) is 0 Å². The zero-order chi connectivity index (χ0) is 6.28. The smallest absolute Gasteiger partial charge is 0.542 e. The predicted molar refractivity (Wildman–Crippen MR) is 24.8 cm³/mol. The summed E-state index contributed by atoms with van der Waals surface area (Å²) in [6, 6.07) is 0. The fourth-order valence-corrected chi connectivity index (χ4v) is 0. The molecule has 0 amide bonds. The van der Waals surface area contributed by atoms with Crippen LogP contribution in [-0.4, -0.2) is 19.6 Å². The summed E-state index contributed by atoms with van der Waals surface area (Å²) in [5.74, 6) is 0. The molecule has 44 valence electrons. The Hall–Kier alpha value is 0.740. The van der Waals surface area contributed by atoms with Gasteiger partial charge in [0.05, 0.1) is 0 Å². The monoisotopic (exact) mass is 148 g/mol. The molecule has 0 heterocycles. The van der Waals surface area contributed by atoms with E-state index >= 15 is 0 Å². The zero-order valence-electron chi connectivity index (χ0n) is 4.62. The van der Waals surface area contributed by atoms with Gasteiger partial charge >= 0.3 is 29.6 Å². The van der Waals surface area contributed by atoms with Crippen LogP contribution in [0.4, 0.5) is 0 Å². The molecule has 8 heavy (non-hydrogen) atoms. The molecule has 0 aliphatic carbocycles. The molecule has 0 rings (SSSR count). The Labute approximate surface area is 72.1 Å². The van der Waals surface area contributed by atoms with Gasteiger partial charge in [0.25, 0.3) is 11.4 Å². The van der Waals surface area contributed by atoms with Crippen molar-refractivity contribution in [1.29, 1.82) is 0 Å².